The van der Waals surface area contributed by atoms with Gasteiger partial charge in [-0.25, -0.2) is 0 Å². The van der Waals surface area contributed by atoms with E-state index in [1.165, 1.54) is 5.56 Å². The summed E-state index contributed by atoms with van der Waals surface area (Å²) in [5.74, 6) is 0.343. The lowest BCUT2D eigenvalue weighted by atomic mass is 10.0. The third-order valence-corrected chi connectivity index (χ3v) is 5.30. The number of carbonyl (C=O) groups is 1. The maximum atomic E-state index is 12.1. The van der Waals surface area contributed by atoms with Crippen molar-refractivity contribution in [1.29, 1.82) is 0 Å². The van der Waals surface area contributed by atoms with Crippen molar-refractivity contribution in [2.45, 2.75) is 25.3 Å². The van der Waals surface area contributed by atoms with Crippen molar-refractivity contribution in [3.63, 3.8) is 0 Å². The van der Waals surface area contributed by atoms with E-state index in [1.807, 2.05) is 6.07 Å². The topological polar surface area (TPSA) is 41.6 Å². The fraction of sp³-hybridized carbons (Fsp3) is 0.381. The van der Waals surface area contributed by atoms with Crippen molar-refractivity contribution >= 4 is 29.1 Å². The van der Waals surface area contributed by atoms with Gasteiger partial charge in [-0.15, -0.1) is 0 Å². The number of piperidine rings is 1. The van der Waals surface area contributed by atoms with Gasteiger partial charge in [0.1, 0.15) is 5.75 Å². The number of hydrogen-bond acceptors (Lipinski definition) is 3. The predicted octanol–water partition coefficient (Wildman–Crippen LogP) is 4.20. The van der Waals surface area contributed by atoms with Crippen LogP contribution in [-0.2, 0) is 11.2 Å². The highest BCUT2D eigenvalue weighted by atomic mass is 35.5. The molecule has 27 heavy (non-hydrogen) atoms. The van der Waals surface area contributed by atoms with Gasteiger partial charge in [-0.05, 0) is 43.0 Å². The minimum atomic E-state index is -0.122. The van der Waals surface area contributed by atoms with E-state index < -0.39 is 0 Å². The molecule has 0 aromatic heterocycles. The van der Waals surface area contributed by atoms with Crippen LogP contribution in [0.15, 0.2) is 48.5 Å². The van der Waals surface area contributed by atoms with Gasteiger partial charge in [-0.3, -0.25) is 4.79 Å². The lowest BCUT2D eigenvalue weighted by Crippen LogP contribution is -2.46. The van der Waals surface area contributed by atoms with Gasteiger partial charge in [0, 0.05) is 30.7 Å². The summed E-state index contributed by atoms with van der Waals surface area (Å²) in [7, 11) is 0. The molecule has 1 saturated heterocycles. The second-order valence-corrected chi connectivity index (χ2v) is 7.63. The van der Waals surface area contributed by atoms with Crippen LogP contribution in [0, 0.1) is 0 Å². The molecule has 1 aliphatic heterocycles. The zero-order valence-corrected chi connectivity index (χ0v) is 16.7. The summed E-state index contributed by atoms with van der Waals surface area (Å²) in [5, 5.41) is 4.00. The van der Waals surface area contributed by atoms with Gasteiger partial charge in [0.15, 0.2) is 6.61 Å². The Morgan fingerprint density at radius 3 is 2.56 bits per heavy atom. The van der Waals surface area contributed by atoms with Crippen molar-refractivity contribution in [3.05, 3.63) is 64.1 Å². The summed E-state index contributed by atoms with van der Waals surface area (Å²) >= 11 is 11.9. The van der Waals surface area contributed by atoms with Gasteiger partial charge in [-0.2, -0.15) is 0 Å². The first-order valence-electron chi connectivity index (χ1n) is 9.23. The van der Waals surface area contributed by atoms with Crippen LogP contribution >= 0.6 is 23.2 Å². The van der Waals surface area contributed by atoms with Crippen LogP contribution < -0.4 is 10.1 Å². The summed E-state index contributed by atoms with van der Waals surface area (Å²) in [6, 6.07) is 15.7. The fourth-order valence-electron chi connectivity index (χ4n) is 3.24. The zero-order chi connectivity index (χ0) is 19.1. The maximum absolute atomic E-state index is 12.1. The Hall–Kier alpha value is -1.75. The predicted molar refractivity (Wildman–Crippen MR) is 110 cm³/mol. The van der Waals surface area contributed by atoms with Crippen molar-refractivity contribution in [2.24, 2.45) is 0 Å². The van der Waals surface area contributed by atoms with Crippen LogP contribution in [-0.4, -0.2) is 43.1 Å². The van der Waals surface area contributed by atoms with Crippen LogP contribution in [0.1, 0.15) is 18.4 Å². The van der Waals surface area contributed by atoms with Crippen LogP contribution in [0.4, 0.5) is 0 Å². The smallest absolute Gasteiger partial charge is 0.258 e. The van der Waals surface area contributed by atoms with E-state index in [4.69, 9.17) is 27.9 Å². The number of rotatable bonds is 7. The fourth-order valence-corrected chi connectivity index (χ4v) is 3.70. The monoisotopic (exact) mass is 406 g/mol. The first-order chi connectivity index (χ1) is 13.1. The standard InChI is InChI=1S/C21H24Cl2N2O2/c22-17-6-7-20(19(23)14-17)27-15-21(26)24-18-9-12-25(13-10-18)11-8-16-4-2-1-3-5-16/h1-7,14,18H,8-13,15H2,(H,24,26). The number of hydrogen-bond donors (Lipinski definition) is 1. The Morgan fingerprint density at radius 1 is 1.11 bits per heavy atom. The molecule has 0 bridgehead atoms. The number of benzene rings is 2. The molecule has 2 aromatic rings. The highest BCUT2D eigenvalue weighted by Gasteiger charge is 2.20. The van der Waals surface area contributed by atoms with E-state index in [9.17, 15) is 4.79 Å². The Bertz CT molecular complexity index is 747. The lowest BCUT2D eigenvalue weighted by molar-refractivity contribution is -0.124. The molecule has 1 aliphatic rings. The molecule has 4 nitrogen and oxygen atoms in total. The molecule has 1 heterocycles. The van der Waals surface area contributed by atoms with Gasteiger partial charge in [0.2, 0.25) is 0 Å². The molecule has 0 aliphatic carbocycles. The number of nitrogens with zero attached hydrogens (tertiary/aromatic N) is 1. The molecule has 0 spiro atoms. The molecule has 0 saturated carbocycles. The average molecular weight is 407 g/mol. The molecular weight excluding hydrogens is 383 g/mol. The van der Waals surface area contributed by atoms with E-state index in [2.05, 4.69) is 34.5 Å². The van der Waals surface area contributed by atoms with E-state index in [-0.39, 0.29) is 18.6 Å². The molecule has 1 fully saturated rings. The highest BCUT2D eigenvalue weighted by Crippen LogP contribution is 2.27. The van der Waals surface area contributed by atoms with Crippen molar-refractivity contribution in [2.75, 3.05) is 26.2 Å². The second kappa shape index (κ2) is 9.98. The molecule has 0 unspecified atom stereocenters. The Labute approximate surface area is 170 Å². The van der Waals surface area contributed by atoms with Crippen molar-refractivity contribution in [1.82, 2.24) is 10.2 Å². The Kier molecular flexibility index (Phi) is 7.39. The maximum Gasteiger partial charge on any atom is 0.258 e. The van der Waals surface area contributed by atoms with Gasteiger partial charge in [0.25, 0.3) is 5.91 Å². The van der Waals surface area contributed by atoms with Crippen LogP contribution in [0.2, 0.25) is 10.0 Å². The number of carbonyl (C=O) groups excluding carboxylic acids is 1. The first-order valence-corrected chi connectivity index (χ1v) is 9.99. The van der Waals surface area contributed by atoms with Gasteiger partial charge < -0.3 is 15.0 Å². The normalized spacial score (nSPS) is 15.5. The largest absolute Gasteiger partial charge is 0.482 e. The molecular formula is C21H24Cl2N2O2. The third-order valence-electron chi connectivity index (χ3n) is 4.76. The second-order valence-electron chi connectivity index (χ2n) is 6.78. The number of amides is 1. The molecule has 1 amide bonds. The molecule has 3 rings (SSSR count). The highest BCUT2D eigenvalue weighted by molar-refractivity contribution is 6.35. The van der Waals surface area contributed by atoms with Gasteiger partial charge in [0.05, 0.1) is 5.02 Å². The lowest BCUT2D eigenvalue weighted by Gasteiger charge is -2.32. The number of halogens is 2. The molecule has 144 valence electrons. The quantitative estimate of drug-likeness (QED) is 0.748. The number of nitrogens with one attached hydrogen (secondary N) is 1. The zero-order valence-electron chi connectivity index (χ0n) is 15.2. The summed E-state index contributed by atoms with van der Waals surface area (Å²) in [6.45, 7) is 3.02. The van der Waals surface area contributed by atoms with E-state index in [0.29, 0.717) is 15.8 Å². The summed E-state index contributed by atoms with van der Waals surface area (Å²) in [6.07, 6.45) is 2.98. The molecule has 1 N–H and O–H groups in total. The van der Waals surface area contributed by atoms with E-state index in [1.54, 1.807) is 18.2 Å². The summed E-state index contributed by atoms with van der Waals surface area (Å²) < 4.78 is 5.49. The Balaban J connectivity index is 1.35. The first kappa shape index (κ1) is 20.0. The molecule has 6 heteroatoms. The average Bonchev–Trinajstić information content (AvgIpc) is 2.67. The van der Waals surface area contributed by atoms with Crippen LogP contribution in [0.3, 0.4) is 0 Å². The number of likely N-dealkylation sites (tertiary alicyclic amines) is 1. The van der Waals surface area contributed by atoms with Crippen molar-refractivity contribution in [3.8, 4) is 5.75 Å². The third kappa shape index (κ3) is 6.42. The van der Waals surface area contributed by atoms with E-state index in [0.717, 1.165) is 38.9 Å². The van der Waals surface area contributed by atoms with Crippen LogP contribution in [0.5, 0.6) is 5.75 Å². The van der Waals surface area contributed by atoms with Crippen LogP contribution in [0.25, 0.3) is 0 Å². The minimum absolute atomic E-state index is 0.0461. The van der Waals surface area contributed by atoms with Crippen molar-refractivity contribution < 1.29 is 9.53 Å². The molecule has 2 aromatic carbocycles. The molecule has 0 atom stereocenters. The minimum Gasteiger partial charge on any atom is -0.482 e. The van der Waals surface area contributed by atoms with Gasteiger partial charge in [-0.1, -0.05) is 53.5 Å². The number of ether oxygens (including phenoxy) is 1. The SMILES string of the molecule is O=C(COc1ccc(Cl)cc1Cl)NC1CCN(CCc2ccccc2)CC1. The summed E-state index contributed by atoms with van der Waals surface area (Å²) in [5.41, 5.74) is 1.37. The summed E-state index contributed by atoms with van der Waals surface area (Å²) in [4.78, 5) is 14.6. The molecule has 0 radical (unpaired) electrons. The van der Waals surface area contributed by atoms with E-state index >= 15 is 0 Å². The van der Waals surface area contributed by atoms with Gasteiger partial charge >= 0.3 is 0 Å². The Morgan fingerprint density at radius 2 is 1.85 bits per heavy atom.